The summed E-state index contributed by atoms with van der Waals surface area (Å²) in [5.41, 5.74) is -5.91. The predicted molar refractivity (Wildman–Crippen MR) is 49.8 cm³/mol. The average Bonchev–Trinajstić information content (AvgIpc) is 2.10. The highest BCUT2D eigenvalue weighted by Crippen LogP contribution is 2.43. The van der Waals surface area contributed by atoms with Crippen molar-refractivity contribution in [3.63, 3.8) is 0 Å². The molecule has 0 aliphatic carbocycles. The van der Waals surface area contributed by atoms with Crippen LogP contribution in [0, 0.1) is 0 Å². The van der Waals surface area contributed by atoms with Crippen LogP contribution in [0.1, 0.15) is 20.8 Å². The van der Waals surface area contributed by atoms with Gasteiger partial charge in [0.15, 0.2) is 6.29 Å². The first-order chi connectivity index (χ1) is 6.59. The average molecular weight is 222 g/mol. The molecule has 1 saturated heterocycles. The zero-order valence-corrected chi connectivity index (χ0v) is 9.01. The molecule has 6 heteroatoms. The molecule has 0 spiro atoms. The van der Waals surface area contributed by atoms with Crippen molar-refractivity contribution in [2.24, 2.45) is 0 Å². The van der Waals surface area contributed by atoms with E-state index in [1.165, 1.54) is 13.8 Å². The van der Waals surface area contributed by atoms with Crippen LogP contribution in [0.5, 0.6) is 0 Å². The van der Waals surface area contributed by atoms with Crippen LogP contribution < -0.4 is 0 Å². The van der Waals surface area contributed by atoms with Crippen molar-refractivity contribution < 1.29 is 30.3 Å². The summed E-state index contributed by atoms with van der Waals surface area (Å²) >= 11 is 0. The number of hydrogen-bond donors (Lipinski definition) is 5. The Morgan fingerprint density at radius 3 is 1.93 bits per heavy atom. The fourth-order valence-electron chi connectivity index (χ4n) is 1.71. The molecular weight excluding hydrogens is 204 g/mol. The first-order valence-corrected chi connectivity index (χ1v) is 4.70. The molecule has 6 nitrogen and oxygen atoms in total. The molecule has 0 bridgehead atoms. The number of hydrogen-bond acceptors (Lipinski definition) is 6. The number of ether oxygens (including phenoxy) is 1. The molecular formula is C9H18O6. The lowest BCUT2D eigenvalue weighted by Gasteiger charge is -2.56. The normalized spacial score (nSPS) is 56.8. The van der Waals surface area contributed by atoms with Crippen LogP contribution in [0.3, 0.4) is 0 Å². The van der Waals surface area contributed by atoms with Gasteiger partial charge in [0.25, 0.3) is 0 Å². The minimum Gasteiger partial charge on any atom is -0.394 e. The summed E-state index contributed by atoms with van der Waals surface area (Å²) in [4.78, 5) is 0. The fourth-order valence-corrected chi connectivity index (χ4v) is 1.71. The minimum atomic E-state index is -2.03. The van der Waals surface area contributed by atoms with Crippen LogP contribution in [-0.4, -0.2) is 61.3 Å². The van der Waals surface area contributed by atoms with E-state index < -0.39 is 35.8 Å². The van der Waals surface area contributed by atoms with E-state index in [1.54, 1.807) is 0 Å². The van der Waals surface area contributed by atoms with Crippen molar-refractivity contribution >= 4 is 0 Å². The highest BCUT2D eigenvalue weighted by atomic mass is 16.6. The van der Waals surface area contributed by atoms with E-state index in [-0.39, 0.29) is 0 Å². The first kappa shape index (κ1) is 12.8. The van der Waals surface area contributed by atoms with Gasteiger partial charge in [0, 0.05) is 0 Å². The van der Waals surface area contributed by atoms with Crippen molar-refractivity contribution in [2.45, 2.75) is 50.0 Å². The van der Waals surface area contributed by atoms with Crippen molar-refractivity contribution in [3.05, 3.63) is 0 Å². The van der Waals surface area contributed by atoms with E-state index in [9.17, 15) is 20.4 Å². The molecule has 5 N–H and O–H groups in total. The molecule has 0 amide bonds. The summed E-state index contributed by atoms with van der Waals surface area (Å²) in [5.74, 6) is 0. The SMILES string of the molecule is CC1(O)[C@H](O)OC(CO)[C@@](C)(O)C1(C)O. The monoisotopic (exact) mass is 222 g/mol. The van der Waals surface area contributed by atoms with Crippen molar-refractivity contribution in [3.8, 4) is 0 Å². The lowest BCUT2D eigenvalue weighted by Crippen LogP contribution is -2.77. The van der Waals surface area contributed by atoms with Gasteiger partial charge in [0.1, 0.15) is 22.9 Å². The quantitative estimate of drug-likeness (QED) is 0.349. The third kappa shape index (κ3) is 1.49. The lowest BCUT2D eigenvalue weighted by atomic mass is 9.68. The molecule has 1 aliphatic rings. The van der Waals surface area contributed by atoms with Crippen LogP contribution in [0.25, 0.3) is 0 Å². The zero-order chi connectivity index (χ0) is 12.1. The Kier molecular flexibility index (Phi) is 2.89. The molecule has 1 rings (SSSR count). The Balaban J connectivity index is 3.16. The second-order valence-corrected chi connectivity index (χ2v) is 4.53. The summed E-state index contributed by atoms with van der Waals surface area (Å²) in [6.07, 6.45) is -2.84. The van der Waals surface area contributed by atoms with Crippen LogP contribution in [0.2, 0.25) is 0 Å². The van der Waals surface area contributed by atoms with E-state index >= 15 is 0 Å². The summed E-state index contributed by atoms with van der Waals surface area (Å²) in [6, 6.07) is 0. The molecule has 1 aliphatic heterocycles. The molecule has 5 atom stereocenters. The molecule has 0 radical (unpaired) electrons. The first-order valence-electron chi connectivity index (χ1n) is 4.70. The Hall–Kier alpha value is -0.240. The van der Waals surface area contributed by atoms with Crippen LogP contribution in [-0.2, 0) is 4.74 Å². The van der Waals surface area contributed by atoms with E-state index in [2.05, 4.69) is 0 Å². The largest absolute Gasteiger partial charge is 0.394 e. The van der Waals surface area contributed by atoms with Crippen molar-refractivity contribution in [2.75, 3.05) is 6.61 Å². The van der Waals surface area contributed by atoms with E-state index in [0.29, 0.717) is 0 Å². The highest BCUT2D eigenvalue weighted by molar-refractivity contribution is 5.13. The maximum Gasteiger partial charge on any atom is 0.187 e. The summed E-state index contributed by atoms with van der Waals surface area (Å²) in [6.45, 7) is 2.99. The molecule has 0 aromatic rings. The number of rotatable bonds is 1. The maximum atomic E-state index is 10.1. The van der Waals surface area contributed by atoms with E-state index in [0.717, 1.165) is 6.92 Å². The lowest BCUT2D eigenvalue weighted by molar-refractivity contribution is -0.382. The van der Waals surface area contributed by atoms with E-state index in [1.807, 2.05) is 0 Å². The molecule has 15 heavy (non-hydrogen) atoms. The van der Waals surface area contributed by atoms with Gasteiger partial charge in [-0.15, -0.1) is 0 Å². The van der Waals surface area contributed by atoms with Gasteiger partial charge < -0.3 is 30.3 Å². The summed E-state index contributed by atoms with van der Waals surface area (Å²) < 4.78 is 4.85. The third-order valence-corrected chi connectivity index (χ3v) is 3.54. The number of aliphatic hydroxyl groups excluding tert-OH is 2. The van der Waals surface area contributed by atoms with Gasteiger partial charge in [-0.3, -0.25) is 0 Å². The number of aliphatic hydroxyl groups is 5. The standard InChI is InChI=1S/C9H18O6/c1-7(12)5(4-10)15-6(11)8(2,13)9(7,3)14/h5-6,10-14H,4H2,1-3H3/t5?,6-,7-,8?,9?/m1/s1. The van der Waals surface area contributed by atoms with Crippen LogP contribution >= 0.6 is 0 Å². The zero-order valence-electron chi connectivity index (χ0n) is 9.01. The second kappa shape index (κ2) is 3.38. The second-order valence-electron chi connectivity index (χ2n) is 4.53. The molecule has 3 unspecified atom stereocenters. The van der Waals surface area contributed by atoms with Gasteiger partial charge in [-0.05, 0) is 20.8 Å². The Morgan fingerprint density at radius 2 is 1.53 bits per heavy atom. The molecule has 90 valence electrons. The molecule has 0 saturated carbocycles. The smallest absolute Gasteiger partial charge is 0.187 e. The van der Waals surface area contributed by atoms with Crippen molar-refractivity contribution in [1.82, 2.24) is 0 Å². The fraction of sp³-hybridized carbons (Fsp3) is 1.00. The molecule has 0 aromatic heterocycles. The molecule has 1 fully saturated rings. The Bertz CT molecular complexity index is 247. The van der Waals surface area contributed by atoms with Crippen molar-refractivity contribution in [1.29, 1.82) is 0 Å². The maximum absolute atomic E-state index is 10.1. The predicted octanol–water partition coefficient (Wildman–Crippen LogP) is -2.05. The Labute approximate surface area is 87.7 Å². The summed E-state index contributed by atoms with van der Waals surface area (Å²) in [5, 5.41) is 48.3. The summed E-state index contributed by atoms with van der Waals surface area (Å²) in [7, 11) is 0. The highest BCUT2D eigenvalue weighted by Gasteiger charge is 2.65. The van der Waals surface area contributed by atoms with Gasteiger partial charge in [-0.25, -0.2) is 0 Å². The minimum absolute atomic E-state index is 0.573. The topological polar surface area (TPSA) is 110 Å². The van der Waals surface area contributed by atoms with Gasteiger partial charge in [-0.1, -0.05) is 0 Å². The van der Waals surface area contributed by atoms with Crippen LogP contribution in [0.4, 0.5) is 0 Å². The molecule has 0 aromatic carbocycles. The van der Waals surface area contributed by atoms with Gasteiger partial charge in [-0.2, -0.15) is 0 Å². The third-order valence-electron chi connectivity index (χ3n) is 3.54. The van der Waals surface area contributed by atoms with E-state index in [4.69, 9.17) is 9.84 Å². The van der Waals surface area contributed by atoms with Gasteiger partial charge >= 0.3 is 0 Å². The van der Waals surface area contributed by atoms with Gasteiger partial charge in [0.2, 0.25) is 0 Å². The Morgan fingerprint density at radius 1 is 1.07 bits per heavy atom. The van der Waals surface area contributed by atoms with Gasteiger partial charge in [0.05, 0.1) is 6.61 Å². The van der Waals surface area contributed by atoms with Crippen LogP contribution in [0.15, 0.2) is 0 Å². The molecule has 1 heterocycles.